The highest BCUT2D eigenvalue weighted by molar-refractivity contribution is 8.07. The van der Waals surface area contributed by atoms with Gasteiger partial charge in [-0.25, -0.2) is 0 Å². The SMILES string of the molecule is O=CC1=CCC[P+]1=S. The van der Waals surface area contributed by atoms with Crippen LogP contribution in [-0.4, -0.2) is 12.4 Å². The van der Waals surface area contributed by atoms with Crippen LogP contribution in [0.1, 0.15) is 6.42 Å². The molecule has 8 heavy (non-hydrogen) atoms. The Morgan fingerprint density at radius 2 is 2.62 bits per heavy atom. The van der Waals surface area contributed by atoms with E-state index < -0.39 is 6.70 Å². The van der Waals surface area contributed by atoms with Crippen molar-refractivity contribution in [1.82, 2.24) is 0 Å². The van der Waals surface area contributed by atoms with E-state index in [1.165, 1.54) is 0 Å². The van der Waals surface area contributed by atoms with Crippen LogP contribution >= 0.6 is 6.70 Å². The Hall–Kier alpha value is -0.0700. The van der Waals surface area contributed by atoms with Crippen molar-refractivity contribution in [3.05, 3.63) is 11.4 Å². The van der Waals surface area contributed by atoms with Crippen LogP contribution in [0, 0.1) is 0 Å². The largest absolute Gasteiger partial charge is 0.294 e. The molecule has 0 saturated heterocycles. The third-order valence-electron chi connectivity index (χ3n) is 1.09. The summed E-state index contributed by atoms with van der Waals surface area (Å²) in [5.74, 6) is 0. The quantitative estimate of drug-likeness (QED) is 0.410. The Morgan fingerprint density at radius 1 is 1.88 bits per heavy atom. The summed E-state index contributed by atoms with van der Waals surface area (Å²) in [7, 11) is 0. The van der Waals surface area contributed by atoms with Gasteiger partial charge in [-0.2, -0.15) is 0 Å². The van der Waals surface area contributed by atoms with Crippen molar-refractivity contribution in [2.45, 2.75) is 6.42 Å². The predicted octanol–water partition coefficient (Wildman–Crippen LogP) is 1.42. The van der Waals surface area contributed by atoms with Gasteiger partial charge in [0.25, 0.3) is 0 Å². The minimum absolute atomic E-state index is 0.452. The standard InChI is InChI=1S/C5H6OPS/c6-4-5-2-1-3-7(5)8/h2,4H,1,3H2/q+1. The third kappa shape index (κ3) is 1.01. The van der Waals surface area contributed by atoms with Crippen LogP contribution in [0.4, 0.5) is 0 Å². The van der Waals surface area contributed by atoms with E-state index in [0.29, 0.717) is 0 Å². The molecule has 1 heterocycles. The van der Waals surface area contributed by atoms with E-state index in [1.54, 1.807) is 0 Å². The highest BCUT2D eigenvalue weighted by Gasteiger charge is 2.21. The van der Waals surface area contributed by atoms with Crippen molar-refractivity contribution in [3.8, 4) is 0 Å². The van der Waals surface area contributed by atoms with Crippen LogP contribution in [0.5, 0.6) is 0 Å². The summed E-state index contributed by atoms with van der Waals surface area (Å²) in [6, 6.07) is 0. The number of carbonyl (C=O) groups excluding carboxylic acids is 1. The van der Waals surface area contributed by atoms with Crippen LogP contribution < -0.4 is 0 Å². The molecule has 0 amide bonds. The molecule has 0 bridgehead atoms. The normalized spacial score (nSPS) is 23.0. The summed E-state index contributed by atoms with van der Waals surface area (Å²) >= 11 is 4.99. The molecular weight excluding hydrogens is 139 g/mol. The fraction of sp³-hybridized carbons (Fsp3) is 0.400. The van der Waals surface area contributed by atoms with Crippen LogP contribution in [0.2, 0.25) is 0 Å². The molecule has 3 heteroatoms. The van der Waals surface area contributed by atoms with Crippen LogP contribution in [0.15, 0.2) is 11.4 Å². The van der Waals surface area contributed by atoms with Crippen molar-refractivity contribution in [2.24, 2.45) is 0 Å². The molecule has 0 fully saturated rings. The van der Waals surface area contributed by atoms with Gasteiger partial charge < -0.3 is 0 Å². The lowest BCUT2D eigenvalue weighted by Gasteiger charge is -1.69. The first kappa shape index (κ1) is 6.06. The Bertz CT molecular complexity index is 162. The number of rotatable bonds is 1. The number of allylic oxidation sites excluding steroid dienone is 2. The van der Waals surface area contributed by atoms with Crippen LogP contribution in [0.3, 0.4) is 0 Å². The number of carbonyl (C=O) groups is 1. The van der Waals surface area contributed by atoms with Gasteiger partial charge in [0, 0.05) is 6.42 Å². The Kier molecular flexibility index (Phi) is 1.87. The van der Waals surface area contributed by atoms with Gasteiger partial charge in [-0.1, -0.05) is 0 Å². The van der Waals surface area contributed by atoms with Crippen molar-refractivity contribution in [2.75, 3.05) is 6.16 Å². The van der Waals surface area contributed by atoms with E-state index in [4.69, 9.17) is 11.8 Å². The van der Waals surface area contributed by atoms with E-state index in [9.17, 15) is 4.79 Å². The molecule has 0 N–H and O–H groups in total. The zero-order chi connectivity index (χ0) is 5.98. The van der Waals surface area contributed by atoms with Gasteiger partial charge in [0.1, 0.15) is 6.16 Å². The molecule has 1 atom stereocenters. The molecule has 0 aromatic carbocycles. The smallest absolute Gasteiger partial charge is 0.216 e. The molecule has 42 valence electrons. The van der Waals surface area contributed by atoms with E-state index in [0.717, 1.165) is 24.2 Å². The Morgan fingerprint density at radius 3 is 2.88 bits per heavy atom. The van der Waals surface area contributed by atoms with Gasteiger partial charge in [-0.05, 0) is 6.08 Å². The summed E-state index contributed by atoms with van der Waals surface area (Å²) in [6.07, 6.45) is 4.90. The van der Waals surface area contributed by atoms with E-state index in [2.05, 4.69) is 0 Å². The highest BCUT2D eigenvalue weighted by atomic mass is 32.4. The molecule has 0 aliphatic carbocycles. The minimum atomic E-state index is -0.452. The van der Waals surface area contributed by atoms with Gasteiger partial charge >= 0.3 is 0 Å². The van der Waals surface area contributed by atoms with Crippen molar-refractivity contribution < 1.29 is 4.79 Å². The summed E-state index contributed by atoms with van der Waals surface area (Å²) in [5.41, 5.74) is 0. The maximum atomic E-state index is 10.1. The number of aldehydes is 1. The summed E-state index contributed by atoms with van der Waals surface area (Å²) in [6.45, 7) is -0.452. The lowest BCUT2D eigenvalue weighted by Crippen LogP contribution is -1.68. The number of hydrogen-bond donors (Lipinski definition) is 0. The second-order valence-electron chi connectivity index (χ2n) is 1.64. The maximum Gasteiger partial charge on any atom is 0.216 e. The molecule has 1 rings (SSSR count). The van der Waals surface area contributed by atoms with Gasteiger partial charge in [-0.15, -0.1) is 0 Å². The molecule has 0 saturated carbocycles. The first-order valence-corrected chi connectivity index (χ1v) is 4.98. The Balaban J connectivity index is 2.76. The average Bonchev–Trinajstić information content (AvgIpc) is 2.14. The molecule has 0 spiro atoms. The lowest BCUT2D eigenvalue weighted by molar-refractivity contribution is -0.104. The van der Waals surface area contributed by atoms with Gasteiger partial charge in [0.05, 0.1) is 0 Å². The van der Waals surface area contributed by atoms with Crippen molar-refractivity contribution >= 4 is 24.8 Å². The molecular formula is C5H6OPS+. The lowest BCUT2D eigenvalue weighted by atomic mass is 10.4. The van der Waals surface area contributed by atoms with Crippen molar-refractivity contribution in [3.63, 3.8) is 0 Å². The maximum absolute atomic E-state index is 10.1. The average molecular weight is 145 g/mol. The first-order chi connectivity index (χ1) is 3.84. The zero-order valence-corrected chi connectivity index (χ0v) is 6.04. The van der Waals surface area contributed by atoms with Gasteiger partial charge in [-0.3, -0.25) is 4.79 Å². The van der Waals surface area contributed by atoms with E-state index in [-0.39, 0.29) is 0 Å². The molecule has 0 radical (unpaired) electrons. The van der Waals surface area contributed by atoms with Crippen LogP contribution in [-0.2, 0) is 16.6 Å². The third-order valence-corrected chi connectivity index (χ3v) is 3.80. The van der Waals surface area contributed by atoms with E-state index in [1.807, 2.05) is 6.08 Å². The molecule has 1 aliphatic heterocycles. The molecule has 0 aromatic heterocycles. The fourth-order valence-electron chi connectivity index (χ4n) is 0.668. The van der Waals surface area contributed by atoms with Gasteiger partial charge in [0.2, 0.25) is 6.70 Å². The highest BCUT2D eigenvalue weighted by Crippen LogP contribution is 2.37. The Labute approximate surface area is 54.2 Å². The zero-order valence-electron chi connectivity index (χ0n) is 4.33. The second kappa shape index (κ2) is 2.47. The molecule has 1 aliphatic rings. The van der Waals surface area contributed by atoms with Crippen LogP contribution in [0.25, 0.3) is 0 Å². The molecule has 1 nitrogen and oxygen atoms in total. The van der Waals surface area contributed by atoms with E-state index >= 15 is 0 Å². The molecule has 0 aromatic rings. The monoisotopic (exact) mass is 145 g/mol. The first-order valence-electron chi connectivity index (χ1n) is 2.44. The minimum Gasteiger partial charge on any atom is -0.294 e. The van der Waals surface area contributed by atoms with Gasteiger partial charge in [0.15, 0.2) is 23.4 Å². The summed E-state index contributed by atoms with van der Waals surface area (Å²) in [4.78, 5) is 10.1. The molecule has 1 unspecified atom stereocenters. The second-order valence-corrected chi connectivity index (χ2v) is 4.68. The summed E-state index contributed by atoms with van der Waals surface area (Å²) in [5, 5.41) is 0.870. The topological polar surface area (TPSA) is 17.1 Å². The van der Waals surface area contributed by atoms with Crippen molar-refractivity contribution in [1.29, 1.82) is 0 Å². The number of hydrogen-bond acceptors (Lipinski definition) is 2. The predicted molar refractivity (Wildman–Crippen MR) is 37.9 cm³/mol. The summed E-state index contributed by atoms with van der Waals surface area (Å²) < 4.78 is 0. The fourth-order valence-corrected chi connectivity index (χ4v) is 2.41.